The summed E-state index contributed by atoms with van der Waals surface area (Å²) < 4.78 is 54.7. The number of aliphatic hydroxyl groups is 1. The Morgan fingerprint density at radius 2 is 1.71 bits per heavy atom. The van der Waals surface area contributed by atoms with Crippen LogP contribution in [-0.2, 0) is 22.3 Å². The molecule has 1 fully saturated rings. The second-order valence-electron chi connectivity index (χ2n) is 8.57. The zero-order valence-corrected chi connectivity index (χ0v) is 20.3. The molecule has 2 N–H and O–H groups in total. The first-order valence-electron chi connectivity index (χ1n) is 11.6. The average molecular weight is 530 g/mol. The van der Waals surface area contributed by atoms with Gasteiger partial charge in [0.2, 0.25) is 5.91 Å². The van der Waals surface area contributed by atoms with Crippen LogP contribution in [0.3, 0.4) is 0 Å². The van der Waals surface area contributed by atoms with Gasteiger partial charge in [0.1, 0.15) is 29.9 Å². The molecule has 2 amide bonds. The molecule has 1 saturated heterocycles. The zero-order valence-electron chi connectivity index (χ0n) is 20.3. The van der Waals surface area contributed by atoms with Gasteiger partial charge in [0, 0.05) is 12.5 Å². The SMILES string of the molecule is COc1ccc(Oc2ccc(C(F)(F)F)cc2)cc1NC(=O)[C@@H]1C[C@@H](O)CN1C(=O)OCc1ccccc1. The third-order valence-corrected chi connectivity index (χ3v) is 5.87. The standard InChI is InChI=1S/C27H25F3N2O6/c1-36-24-12-11-21(38-20-9-7-18(8-10-20)27(28,29)30)14-22(24)31-25(34)23-13-19(33)15-32(23)26(35)37-16-17-5-3-2-4-6-17/h2-12,14,19,23,33H,13,15-16H2,1H3,(H,31,34)/t19-,23+/m1/s1. The maximum absolute atomic E-state index is 13.1. The number of nitrogens with one attached hydrogen (secondary N) is 1. The minimum absolute atomic E-state index is 0.0102. The molecule has 3 aromatic carbocycles. The third kappa shape index (κ3) is 6.54. The maximum atomic E-state index is 13.1. The van der Waals surface area contributed by atoms with Gasteiger partial charge >= 0.3 is 12.3 Å². The fourth-order valence-corrected chi connectivity index (χ4v) is 3.98. The second kappa shape index (κ2) is 11.4. The Morgan fingerprint density at radius 1 is 1.03 bits per heavy atom. The largest absolute Gasteiger partial charge is 0.495 e. The fraction of sp³-hybridized carbons (Fsp3) is 0.259. The molecular formula is C27H25F3N2O6. The molecule has 0 aliphatic carbocycles. The minimum Gasteiger partial charge on any atom is -0.495 e. The average Bonchev–Trinajstić information content (AvgIpc) is 3.30. The van der Waals surface area contributed by atoms with Crippen molar-refractivity contribution < 1.29 is 42.1 Å². The molecule has 1 aliphatic rings. The third-order valence-electron chi connectivity index (χ3n) is 5.87. The lowest BCUT2D eigenvalue weighted by atomic mass is 10.1. The van der Waals surface area contributed by atoms with E-state index in [0.717, 1.165) is 22.6 Å². The number of hydrogen-bond donors (Lipinski definition) is 2. The topological polar surface area (TPSA) is 97.3 Å². The summed E-state index contributed by atoms with van der Waals surface area (Å²) in [6.45, 7) is -0.0579. The highest BCUT2D eigenvalue weighted by Crippen LogP contribution is 2.34. The normalized spacial score (nSPS) is 17.1. The van der Waals surface area contributed by atoms with Crippen LogP contribution in [0.2, 0.25) is 0 Å². The van der Waals surface area contributed by atoms with E-state index in [1.54, 1.807) is 12.1 Å². The number of aliphatic hydroxyl groups excluding tert-OH is 1. The van der Waals surface area contributed by atoms with E-state index >= 15 is 0 Å². The van der Waals surface area contributed by atoms with Gasteiger partial charge in [-0.25, -0.2) is 4.79 Å². The highest BCUT2D eigenvalue weighted by atomic mass is 19.4. The molecule has 1 heterocycles. The summed E-state index contributed by atoms with van der Waals surface area (Å²) in [5.74, 6) is 0.0937. The molecule has 0 bridgehead atoms. The quantitative estimate of drug-likeness (QED) is 0.435. The molecule has 0 unspecified atom stereocenters. The first-order valence-corrected chi connectivity index (χ1v) is 11.6. The Kier molecular flexibility index (Phi) is 8.06. The minimum atomic E-state index is -4.47. The van der Waals surface area contributed by atoms with Crippen LogP contribution in [0, 0.1) is 0 Å². The number of rotatable bonds is 7. The lowest BCUT2D eigenvalue weighted by molar-refractivity contribution is -0.137. The zero-order chi connectivity index (χ0) is 27.3. The summed E-state index contributed by atoms with van der Waals surface area (Å²) in [7, 11) is 1.40. The monoisotopic (exact) mass is 530 g/mol. The number of likely N-dealkylation sites (tertiary alicyclic amines) is 1. The summed E-state index contributed by atoms with van der Waals surface area (Å²) in [5.41, 5.74) is 0.176. The number of β-amino-alcohol motifs (C(OH)–C–C–N with tert-alkyl or cyclic N) is 1. The van der Waals surface area contributed by atoms with E-state index in [4.69, 9.17) is 14.2 Å². The maximum Gasteiger partial charge on any atom is 0.416 e. The molecule has 0 radical (unpaired) electrons. The van der Waals surface area contributed by atoms with Crippen LogP contribution in [0.15, 0.2) is 72.8 Å². The van der Waals surface area contributed by atoms with E-state index in [1.165, 1.54) is 37.4 Å². The van der Waals surface area contributed by atoms with Crippen LogP contribution in [0.25, 0.3) is 0 Å². The van der Waals surface area contributed by atoms with Crippen LogP contribution >= 0.6 is 0 Å². The van der Waals surface area contributed by atoms with Crippen molar-refractivity contribution in [3.05, 3.63) is 83.9 Å². The van der Waals surface area contributed by atoms with Gasteiger partial charge < -0.3 is 24.6 Å². The highest BCUT2D eigenvalue weighted by molar-refractivity contribution is 5.98. The van der Waals surface area contributed by atoms with Crippen LogP contribution in [0.4, 0.5) is 23.7 Å². The van der Waals surface area contributed by atoms with E-state index in [9.17, 15) is 27.9 Å². The number of alkyl halides is 3. The van der Waals surface area contributed by atoms with Gasteiger partial charge in [-0.3, -0.25) is 9.69 Å². The molecular weight excluding hydrogens is 505 g/mol. The van der Waals surface area contributed by atoms with E-state index in [1.807, 2.05) is 18.2 Å². The van der Waals surface area contributed by atoms with Gasteiger partial charge in [0.05, 0.1) is 31.0 Å². The predicted octanol–water partition coefficient (Wildman–Crippen LogP) is 5.22. The smallest absolute Gasteiger partial charge is 0.416 e. The number of benzene rings is 3. The molecule has 1 aliphatic heterocycles. The van der Waals surface area contributed by atoms with Crippen molar-refractivity contribution in [3.63, 3.8) is 0 Å². The van der Waals surface area contributed by atoms with Gasteiger partial charge in [-0.15, -0.1) is 0 Å². The number of nitrogens with zero attached hydrogens (tertiary/aromatic N) is 1. The summed E-state index contributed by atoms with van der Waals surface area (Å²) in [6, 6.07) is 16.7. The molecule has 11 heteroatoms. The van der Waals surface area contributed by atoms with E-state index in [2.05, 4.69) is 5.32 Å². The van der Waals surface area contributed by atoms with Crippen molar-refractivity contribution >= 4 is 17.7 Å². The number of carbonyl (C=O) groups excluding carboxylic acids is 2. The Morgan fingerprint density at radius 3 is 2.37 bits per heavy atom. The first-order chi connectivity index (χ1) is 18.1. The molecule has 0 spiro atoms. The van der Waals surface area contributed by atoms with E-state index < -0.39 is 35.9 Å². The van der Waals surface area contributed by atoms with E-state index in [-0.39, 0.29) is 42.5 Å². The van der Waals surface area contributed by atoms with Gasteiger partial charge in [-0.05, 0) is 42.0 Å². The molecule has 3 aromatic rings. The summed E-state index contributed by atoms with van der Waals surface area (Å²) >= 11 is 0. The Labute approximate surface area is 216 Å². The van der Waals surface area contributed by atoms with Crippen molar-refractivity contribution in [2.24, 2.45) is 0 Å². The summed E-state index contributed by atoms with van der Waals surface area (Å²) in [5, 5.41) is 12.8. The molecule has 0 saturated carbocycles. The fourth-order valence-electron chi connectivity index (χ4n) is 3.98. The molecule has 38 heavy (non-hydrogen) atoms. The van der Waals surface area contributed by atoms with Gasteiger partial charge in [0.15, 0.2) is 0 Å². The first kappa shape index (κ1) is 26.8. The predicted molar refractivity (Wildman–Crippen MR) is 131 cm³/mol. The highest BCUT2D eigenvalue weighted by Gasteiger charge is 2.40. The van der Waals surface area contributed by atoms with Crippen molar-refractivity contribution in [3.8, 4) is 17.2 Å². The lowest BCUT2D eigenvalue weighted by Crippen LogP contribution is -2.43. The lowest BCUT2D eigenvalue weighted by Gasteiger charge is -2.23. The molecule has 0 aromatic heterocycles. The number of amides is 2. The number of methoxy groups -OCH3 is 1. The van der Waals surface area contributed by atoms with Gasteiger partial charge in [-0.1, -0.05) is 30.3 Å². The van der Waals surface area contributed by atoms with Gasteiger partial charge in [0.25, 0.3) is 0 Å². The molecule has 2 atom stereocenters. The number of carbonyl (C=O) groups is 2. The number of halogens is 3. The number of ether oxygens (including phenoxy) is 3. The molecule has 200 valence electrons. The van der Waals surface area contributed by atoms with Crippen molar-refractivity contribution in [1.82, 2.24) is 4.90 Å². The van der Waals surface area contributed by atoms with Gasteiger partial charge in [-0.2, -0.15) is 13.2 Å². The van der Waals surface area contributed by atoms with Crippen molar-refractivity contribution in [1.29, 1.82) is 0 Å². The van der Waals surface area contributed by atoms with Crippen LogP contribution in [0.1, 0.15) is 17.5 Å². The Hall–Kier alpha value is -4.25. The van der Waals surface area contributed by atoms with Crippen LogP contribution in [0.5, 0.6) is 17.2 Å². The summed E-state index contributed by atoms with van der Waals surface area (Å²) in [4.78, 5) is 27.0. The van der Waals surface area contributed by atoms with E-state index in [0.29, 0.717) is 0 Å². The number of anilines is 1. The second-order valence-corrected chi connectivity index (χ2v) is 8.57. The Balaban J connectivity index is 1.45. The van der Waals surface area contributed by atoms with Crippen molar-refractivity contribution in [2.45, 2.75) is 31.3 Å². The van der Waals surface area contributed by atoms with Crippen LogP contribution in [-0.4, -0.2) is 47.8 Å². The molecule has 8 nitrogen and oxygen atoms in total. The molecule has 4 rings (SSSR count). The van der Waals surface area contributed by atoms with Crippen LogP contribution < -0.4 is 14.8 Å². The summed E-state index contributed by atoms with van der Waals surface area (Å²) in [6.07, 6.45) is -6.11. The van der Waals surface area contributed by atoms with Crippen molar-refractivity contribution in [2.75, 3.05) is 19.0 Å². The number of hydrogen-bond acceptors (Lipinski definition) is 6. The Bertz CT molecular complexity index is 1270.